The van der Waals surface area contributed by atoms with Gasteiger partial charge in [-0.1, -0.05) is 5.57 Å². The molecule has 0 radical (unpaired) electrons. The van der Waals surface area contributed by atoms with Gasteiger partial charge in [0.05, 0.1) is 0 Å². The molecular weight excluding hydrogens is 176 g/mol. The van der Waals surface area contributed by atoms with E-state index in [1.165, 1.54) is 38.2 Å². The van der Waals surface area contributed by atoms with Gasteiger partial charge < -0.3 is 4.74 Å². The van der Waals surface area contributed by atoms with Crippen molar-refractivity contribution < 1.29 is 9.53 Å². The summed E-state index contributed by atoms with van der Waals surface area (Å²) < 4.78 is 5.38. The lowest BCUT2D eigenvalue weighted by atomic mass is 9.88. The van der Waals surface area contributed by atoms with Gasteiger partial charge in [-0.3, -0.25) is 4.79 Å². The van der Waals surface area contributed by atoms with E-state index in [-0.39, 0.29) is 12.1 Å². The quantitative estimate of drug-likeness (QED) is 0.471. The second kappa shape index (κ2) is 2.85. The highest BCUT2D eigenvalue weighted by molar-refractivity contribution is 5.66. The SMILES string of the molecule is CC(=O)OC1CCC2C1=C1CCC2C1. The van der Waals surface area contributed by atoms with Gasteiger partial charge in [0.1, 0.15) is 6.10 Å². The van der Waals surface area contributed by atoms with Gasteiger partial charge in [-0.25, -0.2) is 0 Å². The summed E-state index contributed by atoms with van der Waals surface area (Å²) >= 11 is 0. The highest BCUT2D eigenvalue weighted by Gasteiger charge is 2.46. The van der Waals surface area contributed by atoms with Crippen molar-refractivity contribution in [3.63, 3.8) is 0 Å². The molecule has 2 bridgehead atoms. The third-order valence-corrected chi connectivity index (χ3v) is 4.10. The van der Waals surface area contributed by atoms with Gasteiger partial charge in [-0.05, 0) is 49.5 Å². The Morgan fingerprint density at radius 2 is 2.21 bits per heavy atom. The molecule has 3 atom stereocenters. The number of carbonyl (C=O) groups excluding carboxylic acids is 1. The zero-order chi connectivity index (χ0) is 9.71. The first-order chi connectivity index (χ1) is 6.75. The minimum absolute atomic E-state index is 0.119. The number of hydrogen-bond donors (Lipinski definition) is 0. The predicted molar refractivity (Wildman–Crippen MR) is 52.6 cm³/mol. The molecule has 0 aromatic carbocycles. The highest BCUT2D eigenvalue weighted by atomic mass is 16.5. The maximum Gasteiger partial charge on any atom is 0.303 e. The van der Waals surface area contributed by atoms with Crippen LogP contribution in [0.15, 0.2) is 11.1 Å². The Bertz CT molecular complexity index is 316. The molecule has 2 fully saturated rings. The molecule has 3 aliphatic rings. The first kappa shape index (κ1) is 8.51. The van der Waals surface area contributed by atoms with Crippen LogP contribution in [0.4, 0.5) is 0 Å². The number of rotatable bonds is 1. The van der Waals surface area contributed by atoms with Crippen LogP contribution in [-0.4, -0.2) is 12.1 Å². The Morgan fingerprint density at radius 1 is 1.36 bits per heavy atom. The maximum absolute atomic E-state index is 10.9. The van der Waals surface area contributed by atoms with Crippen LogP contribution >= 0.6 is 0 Å². The third-order valence-electron chi connectivity index (χ3n) is 4.10. The Labute approximate surface area is 84.3 Å². The molecule has 3 unspecified atom stereocenters. The molecule has 0 heterocycles. The molecule has 2 heteroatoms. The summed E-state index contributed by atoms with van der Waals surface area (Å²) in [7, 11) is 0. The fraction of sp³-hybridized carbons (Fsp3) is 0.750. The van der Waals surface area contributed by atoms with Gasteiger partial charge in [0.15, 0.2) is 0 Å². The zero-order valence-electron chi connectivity index (χ0n) is 8.58. The number of hydrogen-bond acceptors (Lipinski definition) is 2. The average Bonchev–Trinajstić information content (AvgIpc) is 2.74. The van der Waals surface area contributed by atoms with Crippen molar-refractivity contribution in [2.45, 2.75) is 45.1 Å². The van der Waals surface area contributed by atoms with Gasteiger partial charge in [-0.15, -0.1) is 0 Å². The average molecular weight is 192 g/mol. The van der Waals surface area contributed by atoms with E-state index in [0.29, 0.717) is 0 Å². The molecule has 14 heavy (non-hydrogen) atoms. The van der Waals surface area contributed by atoms with Gasteiger partial charge >= 0.3 is 5.97 Å². The highest BCUT2D eigenvalue weighted by Crippen LogP contribution is 2.55. The number of fused-ring (bicyclic) bond motifs is 4. The second-order valence-electron chi connectivity index (χ2n) is 4.84. The monoisotopic (exact) mass is 192 g/mol. The first-order valence-electron chi connectivity index (χ1n) is 5.64. The number of carbonyl (C=O) groups is 1. The molecular formula is C12H16O2. The van der Waals surface area contributed by atoms with E-state index in [9.17, 15) is 4.79 Å². The van der Waals surface area contributed by atoms with Gasteiger partial charge in [-0.2, -0.15) is 0 Å². The lowest BCUT2D eigenvalue weighted by Gasteiger charge is -2.20. The van der Waals surface area contributed by atoms with Gasteiger partial charge in [0.2, 0.25) is 0 Å². The number of ether oxygens (including phenoxy) is 1. The molecule has 0 amide bonds. The van der Waals surface area contributed by atoms with Crippen molar-refractivity contribution >= 4 is 5.97 Å². The van der Waals surface area contributed by atoms with Crippen LogP contribution < -0.4 is 0 Å². The van der Waals surface area contributed by atoms with E-state index in [0.717, 1.165) is 18.3 Å². The van der Waals surface area contributed by atoms with E-state index in [1.54, 1.807) is 5.57 Å². The lowest BCUT2D eigenvalue weighted by Crippen LogP contribution is -2.17. The van der Waals surface area contributed by atoms with Gasteiger partial charge in [0.25, 0.3) is 0 Å². The largest absolute Gasteiger partial charge is 0.458 e. The third kappa shape index (κ3) is 1.06. The molecule has 0 aliphatic heterocycles. The van der Waals surface area contributed by atoms with E-state index >= 15 is 0 Å². The molecule has 76 valence electrons. The Hall–Kier alpha value is -0.790. The molecule has 3 rings (SSSR count). The summed E-state index contributed by atoms with van der Waals surface area (Å²) in [5.74, 6) is 1.56. The summed E-state index contributed by atoms with van der Waals surface area (Å²) in [4.78, 5) is 10.9. The molecule has 2 nitrogen and oxygen atoms in total. The minimum Gasteiger partial charge on any atom is -0.458 e. The standard InChI is InChI=1S/C12H16O2/c1-7(13)14-11-5-4-10-8-2-3-9(6-8)12(10)11/h8,10-11H,2-6H2,1H3. The molecule has 3 aliphatic carbocycles. The fourth-order valence-electron chi connectivity index (χ4n) is 3.67. The second-order valence-corrected chi connectivity index (χ2v) is 4.84. The summed E-state index contributed by atoms with van der Waals surface area (Å²) in [5, 5.41) is 0. The maximum atomic E-state index is 10.9. The first-order valence-corrected chi connectivity index (χ1v) is 5.64. The van der Waals surface area contributed by atoms with Crippen LogP contribution in [0, 0.1) is 11.8 Å². The topological polar surface area (TPSA) is 26.3 Å². The minimum atomic E-state index is -0.119. The number of esters is 1. The van der Waals surface area contributed by atoms with Crippen molar-refractivity contribution in [3.8, 4) is 0 Å². The van der Waals surface area contributed by atoms with Crippen LogP contribution in [0.1, 0.15) is 39.0 Å². The normalized spacial score (nSPS) is 39.1. The van der Waals surface area contributed by atoms with Crippen LogP contribution in [0.3, 0.4) is 0 Å². The molecule has 0 spiro atoms. The predicted octanol–water partition coefficient (Wildman–Crippen LogP) is 2.44. The number of allylic oxidation sites excluding steroid dienone is 1. The molecule has 2 saturated carbocycles. The summed E-state index contributed by atoms with van der Waals surface area (Å²) in [5.41, 5.74) is 3.15. The molecule has 0 N–H and O–H groups in total. The van der Waals surface area contributed by atoms with E-state index in [4.69, 9.17) is 4.74 Å². The van der Waals surface area contributed by atoms with Crippen molar-refractivity contribution in [2.24, 2.45) is 11.8 Å². The zero-order valence-corrected chi connectivity index (χ0v) is 8.58. The van der Waals surface area contributed by atoms with Crippen LogP contribution in [0.5, 0.6) is 0 Å². The summed E-state index contributed by atoms with van der Waals surface area (Å²) in [6.45, 7) is 1.52. The van der Waals surface area contributed by atoms with Crippen molar-refractivity contribution in [1.82, 2.24) is 0 Å². The fourth-order valence-corrected chi connectivity index (χ4v) is 3.67. The Kier molecular flexibility index (Phi) is 1.73. The van der Waals surface area contributed by atoms with E-state index in [1.807, 2.05) is 0 Å². The Balaban J connectivity index is 1.87. The van der Waals surface area contributed by atoms with Gasteiger partial charge in [0, 0.05) is 6.92 Å². The van der Waals surface area contributed by atoms with E-state index < -0.39 is 0 Å². The van der Waals surface area contributed by atoms with Crippen LogP contribution in [-0.2, 0) is 9.53 Å². The Morgan fingerprint density at radius 3 is 3.00 bits per heavy atom. The van der Waals surface area contributed by atoms with Crippen molar-refractivity contribution in [1.29, 1.82) is 0 Å². The molecule has 0 aromatic rings. The summed E-state index contributed by atoms with van der Waals surface area (Å²) in [6.07, 6.45) is 6.43. The lowest BCUT2D eigenvalue weighted by molar-refractivity contribution is -0.144. The molecule has 0 saturated heterocycles. The summed E-state index contributed by atoms with van der Waals surface area (Å²) in [6, 6.07) is 0. The van der Waals surface area contributed by atoms with Crippen molar-refractivity contribution in [2.75, 3.05) is 0 Å². The molecule has 0 aromatic heterocycles. The van der Waals surface area contributed by atoms with E-state index in [2.05, 4.69) is 0 Å². The van der Waals surface area contributed by atoms with Crippen LogP contribution in [0.2, 0.25) is 0 Å². The van der Waals surface area contributed by atoms with Crippen LogP contribution in [0.25, 0.3) is 0 Å². The van der Waals surface area contributed by atoms with Crippen molar-refractivity contribution in [3.05, 3.63) is 11.1 Å². The smallest absolute Gasteiger partial charge is 0.303 e.